The van der Waals surface area contributed by atoms with Crippen molar-refractivity contribution >= 4 is 0 Å². The molecule has 1 rings (SSSR count). The summed E-state index contributed by atoms with van der Waals surface area (Å²) in [5.41, 5.74) is 0.633. The lowest BCUT2D eigenvalue weighted by molar-refractivity contribution is 0.370. The molecule has 0 radical (unpaired) electrons. The van der Waals surface area contributed by atoms with E-state index in [0.29, 0.717) is 11.5 Å². The average molecular weight is 156 g/mol. The fourth-order valence-electron chi connectivity index (χ4n) is 0.880. The first-order chi connectivity index (χ1) is 5.11. The first kappa shape index (κ1) is 8.31. The highest BCUT2D eigenvalue weighted by atomic mass is 19.1. The summed E-state index contributed by atoms with van der Waals surface area (Å²) in [5, 5.41) is 0. The maximum absolute atomic E-state index is 12.7. The van der Waals surface area contributed by atoms with E-state index in [1.54, 1.807) is 6.07 Å². The minimum Gasteiger partial charge on any atom is -0.469 e. The highest BCUT2D eigenvalue weighted by Crippen LogP contribution is 2.23. The van der Waals surface area contributed by atoms with E-state index in [-0.39, 0.29) is 0 Å². The number of furan rings is 1. The summed E-state index contributed by atoms with van der Waals surface area (Å²) in [6, 6.07) is 1.77. The normalized spacial score (nSPS) is 13.9. The summed E-state index contributed by atoms with van der Waals surface area (Å²) in [7, 11) is 0. The Morgan fingerprint density at radius 2 is 2.00 bits per heavy atom. The van der Waals surface area contributed by atoms with Gasteiger partial charge in [0.2, 0.25) is 0 Å². The zero-order valence-electron chi connectivity index (χ0n) is 7.10. The zero-order chi connectivity index (χ0) is 8.43. The first-order valence-electron chi connectivity index (χ1n) is 3.83. The van der Waals surface area contributed by atoms with Crippen LogP contribution in [0.4, 0.5) is 4.39 Å². The zero-order valence-corrected chi connectivity index (χ0v) is 7.10. The van der Waals surface area contributed by atoms with Crippen molar-refractivity contribution < 1.29 is 8.81 Å². The van der Waals surface area contributed by atoms with Crippen LogP contribution in [0.1, 0.15) is 44.2 Å². The molecule has 1 nitrogen and oxygen atoms in total. The molecule has 62 valence electrons. The molecule has 0 aromatic carbocycles. The van der Waals surface area contributed by atoms with Gasteiger partial charge in [0.15, 0.2) is 0 Å². The molecule has 0 spiro atoms. The molecule has 1 aromatic heterocycles. The van der Waals surface area contributed by atoms with E-state index in [2.05, 4.69) is 0 Å². The summed E-state index contributed by atoms with van der Waals surface area (Å²) < 4.78 is 17.8. The summed E-state index contributed by atoms with van der Waals surface area (Å²) in [6.07, 6.45) is 0.561. The molecule has 1 aromatic rings. The summed E-state index contributed by atoms with van der Waals surface area (Å²) >= 11 is 0. The van der Waals surface area contributed by atoms with Crippen molar-refractivity contribution in [3.05, 3.63) is 23.7 Å². The molecule has 0 aliphatic rings. The van der Waals surface area contributed by atoms with E-state index in [4.69, 9.17) is 4.42 Å². The molecule has 0 N–H and O–H groups in total. The van der Waals surface area contributed by atoms with Crippen LogP contribution >= 0.6 is 0 Å². The number of hydrogen-bond donors (Lipinski definition) is 0. The Balaban J connectivity index is 2.82. The maximum atomic E-state index is 12.7. The largest absolute Gasteiger partial charge is 0.469 e. The number of halogens is 1. The fraction of sp³-hybridized carbons (Fsp3) is 0.556. The van der Waals surface area contributed by atoms with Gasteiger partial charge in [0, 0.05) is 11.5 Å². The van der Waals surface area contributed by atoms with Crippen LogP contribution < -0.4 is 0 Å². The van der Waals surface area contributed by atoms with E-state index in [1.165, 1.54) is 13.2 Å². The lowest BCUT2D eigenvalue weighted by atomic mass is 10.1. The third-order valence-corrected chi connectivity index (χ3v) is 1.67. The van der Waals surface area contributed by atoms with E-state index < -0.39 is 6.17 Å². The molecular formula is C9H13FO. The van der Waals surface area contributed by atoms with Crippen molar-refractivity contribution in [1.29, 1.82) is 0 Å². The third-order valence-electron chi connectivity index (χ3n) is 1.67. The van der Waals surface area contributed by atoms with Gasteiger partial charge in [-0.2, -0.15) is 0 Å². The molecule has 1 unspecified atom stereocenters. The van der Waals surface area contributed by atoms with Gasteiger partial charge in [-0.15, -0.1) is 0 Å². The maximum Gasteiger partial charge on any atom is 0.125 e. The van der Waals surface area contributed by atoms with Crippen molar-refractivity contribution in [2.45, 2.75) is 32.9 Å². The Morgan fingerprint density at radius 1 is 1.36 bits per heavy atom. The second-order valence-electron chi connectivity index (χ2n) is 3.05. The molecule has 0 bridgehead atoms. The van der Waals surface area contributed by atoms with E-state index in [9.17, 15) is 4.39 Å². The topological polar surface area (TPSA) is 13.1 Å². The van der Waals surface area contributed by atoms with Gasteiger partial charge in [-0.3, -0.25) is 0 Å². The van der Waals surface area contributed by atoms with Gasteiger partial charge >= 0.3 is 0 Å². The number of rotatable bonds is 2. The van der Waals surface area contributed by atoms with Gasteiger partial charge in [0.05, 0.1) is 6.26 Å². The van der Waals surface area contributed by atoms with E-state index >= 15 is 0 Å². The van der Waals surface area contributed by atoms with E-state index in [0.717, 1.165) is 5.76 Å². The predicted octanol–water partition coefficient (Wildman–Crippen LogP) is 3.43. The van der Waals surface area contributed by atoms with Crippen LogP contribution in [0, 0.1) is 0 Å². The molecule has 0 aliphatic carbocycles. The third kappa shape index (κ3) is 1.82. The van der Waals surface area contributed by atoms with Gasteiger partial charge in [-0.25, -0.2) is 4.39 Å². The molecule has 0 aliphatic heterocycles. The monoisotopic (exact) mass is 156 g/mol. The second-order valence-corrected chi connectivity index (χ2v) is 3.05. The van der Waals surface area contributed by atoms with Crippen LogP contribution in [0.3, 0.4) is 0 Å². The van der Waals surface area contributed by atoms with Gasteiger partial charge in [0.25, 0.3) is 0 Å². The molecule has 11 heavy (non-hydrogen) atoms. The van der Waals surface area contributed by atoms with Crippen molar-refractivity contribution in [2.24, 2.45) is 0 Å². The molecule has 0 saturated heterocycles. The first-order valence-corrected chi connectivity index (χ1v) is 3.83. The van der Waals surface area contributed by atoms with Crippen molar-refractivity contribution in [2.75, 3.05) is 0 Å². The predicted molar refractivity (Wildman–Crippen MR) is 42.3 cm³/mol. The highest BCUT2D eigenvalue weighted by molar-refractivity contribution is 5.16. The Kier molecular flexibility index (Phi) is 2.32. The van der Waals surface area contributed by atoms with Crippen LogP contribution in [0.2, 0.25) is 0 Å². The van der Waals surface area contributed by atoms with Gasteiger partial charge in [-0.05, 0) is 13.0 Å². The standard InChI is InChI=1S/C9H13FO/c1-6(2)9-4-8(5-11-9)7(3)10/h4-7H,1-3H3. The quantitative estimate of drug-likeness (QED) is 0.639. The lowest BCUT2D eigenvalue weighted by Crippen LogP contribution is -1.82. The van der Waals surface area contributed by atoms with Crippen LogP contribution in [-0.4, -0.2) is 0 Å². The second kappa shape index (κ2) is 3.07. The van der Waals surface area contributed by atoms with Gasteiger partial charge in [-0.1, -0.05) is 13.8 Å². The van der Waals surface area contributed by atoms with Gasteiger partial charge < -0.3 is 4.42 Å². The lowest BCUT2D eigenvalue weighted by Gasteiger charge is -1.96. The molecule has 0 amide bonds. The highest BCUT2D eigenvalue weighted by Gasteiger charge is 2.09. The number of alkyl halides is 1. The van der Waals surface area contributed by atoms with Gasteiger partial charge in [0.1, 0.15) is 11.9 Å². The van der Waals surface area contributed by atoms with Crippen molar-refractivity contribution in [1.82, 2.24) is 0 Å². The molecular weight excluding hydrogens is 143 g/mol. The van der Waals surface area contributed by atoms with E-state index in [1.807, 2.05) is 13.8 Å². The average Bonchev–Trinajstić information content (AvgIpc) is 2.33. The fourth-order valence-corrected chi connectivity index (χ4v) is 0.880. The molecule has 1 atom stereocenters. The molecule has 2 heteroatoms. The van der Waals surface area contributed by atoms with Crippen LogP contribution in [-0.2, 0) is 0 Å². The molecule has 0 saturated carbocycles. The number of hydrogen-bond acceptors (Lipinski definition) is 1. The Morgan fingerprint density at radius 3 is 2.27 bits per heavy atom. The summed E-state index contributed by atoms with van der Waals surface area (Å²) in [5.74, 6) is 1.19. The molecule has 0 fully saturated rings. The molecule has 1 heterocycles. The summed E-state index contributed by atoms with van der Waals surface area (Å²) in [6.45, 7) is 5.55. The Bertz CT molecular complexity index is 203. The van der Waals surface area contributed by atoms with Crippen LogP contribution in [0.15, 0.2) is 16.7 Å². The van der Waals surface area contributed by atoms with Crippen LogP contribution in [0.5, 0.6) is 0 Å². The minimum atomic E-state index is -0.925. The Hall–Kier alpha value is -0.790. The van der Waals surface area contributed by atoms with Crippen molar-refractivity contribution in [3.63, 3.8) is 0 Å². The Labute approximate surface area is 66.2 Å². The van der Waals surface area contributed by atoms with Crippen molar-refractivity contribution in [3.8, 4) is 0 Å². The smallest absolute Gasteiger partial charge is 0.125 e. The summed E-state index contributed by atoms with van der Waals surface area (Å²) in [4.78, 5) is 0. The van der Waals surface area contributed by atoms with Crippen LogP contribution in [0.25, 0.3) is 0 Å². The minimum absolute atomic E-state index is 0.336. The SMILES string of the molecule is CC(C)c1cc(C(C)F)co1.